The van der Waals surface area contributed by atoms with Gasteiger partial charge in [0.25, 0.3) is 17.4 Å². The lowest BCUT2D eigenvalue weighted by molar-refractivity contribution is 0.0791. The van der Waals surface area contributed by atoms with E-state index in [1.54, 1.807) is 24.1 Å². The molecule has 0 atom stereocenters. The number of carbonyl (C=O) groups is 2. The number of hydrogen-bond donors (Lipinski definition) is 1. The van der Waals surface area contributed by atoms with E-state index in [1.165, 1.54) is 37.1 Å². The van der Waals surface area contributed by atoms with Crippen molar-refractivity contribution in [1.29, 1.82) is 0 Å². The van der Waals surface area contributed by atoms with Crippen molar-refractivity contribution < 1.29 is 19.1 Å². The third-order valence-electron chi connectivity index (χ3n) is 4.72. The number of nitrogens with one attached hydrogen (secondary N) is 1. The molecule has 148 valence electrons. The van der Waals surface area contributed by atoms with Crippen molar-refractivity contribution in [2.45, 2.75) is 12.8 Å². The van der Waals surface area contributed by atoms with Gasteiger partial charge in [0.05, 0.1) is 19.8 Å². The predicted molar refractivity (Wildman–Crippen MR) is 104 cm³/mol. The zero-order chi connectivity index (χ0) is 20.3. The highest BCUT2D eigenvalue weighted by molar-refractivity contribution is 6.05. The van der Waals surface area contributed by atoms with Crippen molar-refractivity contribution in [1.82, 2.24) is 9.47 Å². The highest BCUT2D eigenvalue weighted by atomic mass is 16.5. The van der Waals surface area contributed by atoms with Gasteiger partial charge >= 0.3 is 0 Å². The summed E-state index contributed by atoms with van der Waals surface area (Å²) in [5.41, 5.74) is 0.321. The van der Waals surface area contributed by atoms with Crippen LogP contribution in [0, 0.1) is 0 Å². The normalized spacial score (nSPS) is 13.3. The maximum absolute atomic E-state index is 12.6. The summed E-state index contributed by atoms with van der Waals surface area (Å²) >= 11 is 0. The van der Waals surface area contributed by atoms with Gasteiger partial charge in [-0.15, -0.1) is 0 Å². The molecule has 1 saturated heterocycles. The van der Waals surface area contributed by atoms with Crippen molar-refractivity contribution in [2.75, 3.05) is 32.6 Å². The summed E-state index contributed by atoms with van der Waals surface area (Å²) in [5, 5.41) is 2.60. The molecular weight excluding hydrogens is 362 g/mol. The van der Waals surface area contributed by atoms with Gasteiger partial charge in [-0.05, 0) is 37.1 Å². The van der Waals surface area contributed by atoms with Gasteiger partial charge in [0.1, 0.15) is 5.69 Å². The van der Waals surface area contributed by atoms with Crippen LogP contribution in [0.15, 0.2) is 35.3 Å². The minimum absolute atomic E-state index is 0.0485. The lowest BCUT2D eigenvalue weighted by Crippen LogP contribution is -2.30. The van der Waals surface area contributed by atoms with Gasteiger partial charge in [-0.25, -0.2) is 0 Å². The van der Waals surface area contributed by atoms with Crippen molar-refractivity contribution in [3.8, 4) is 11.5 Å². The molecule has 2 aromatic rings. The first-order chi connectivity index (χ1) is 13.4. The Morgan fingerprint density at radius 3 is 2.32 bits per heavy atom. The van der Waals surface area contributed by atoms with Crippen molar-refractivity contribution >= 4 is 17.5 Å². The quantitative estimate of drug-likeness (QED) is 0.849. The van der Waals surface area contributed by atoms with Crippen LogP contribution in [0.5, 0.6) is 11.5 Å². The van der Waals surface area contributed by atoms with Gasteiger partial charge in [-0.3, -0.25) is 14.4 Å². The molecule has 1 aromatic heterocycles. The molecule has 28 heavy (non-hydrogen) atoms. The molecule has 0 aliphatic carbocycles. The molecule has 1 aliphatic heterocycles. The number of aryl methyl sites for hydroxylation is 1. The molecule has 2 heterocycles. The Morgan fingerprint density at radius 1 is 1.00 bits per heavy atom. The van der Waals surface area contributed by atoms with Crippen LogP contribution in [-0.4, -0.2) is 48.6 Å². The summed E-state index contributed by atoms with van der Waals surface area (Å²) in [6.45, 7) is 1.41. The largest absolute Gasteiger partial charge is 0.493 e. The van der Waals surface area contributed by atoms with Crippen LogP contribution in [0.1, 0.15) is 33.6 Å². The van der Waals surface area contributed by atoms with Gasteiger partial charge in [-0.1, -0.05) is 0 Å². The van der Waals surface area contributed by atoms with E-state index < -0.39 is 11.5 Å². The fraction of sp³-hybridized carbons (Fsp3) is 0.350. The highest BCUT2D eigenvalue weighted by Gasteiger charge is 2.21. The number of aromatic nitrogens is 1. The number of methoxy groups -OCH3 is 2. The Balaban J connectivity index is 1.88. The highest BCUT2D eigenvalue weighted by Crippen LogP contribution is 2.27. The summed E-state index contributed by atoms with van der Waals surface area (Å²) in [7, 11) is 4.53. The van der Waals surface area contributed by atoms with E-state index in [4.69, 9.17) is 9.47 Å². The Hall–Kier alpha value is -3.29. The first kappa shape index (κ1) is 19.5. The van der Waals surface area contributed by atoms with Gasteiger partial charge in [0.15, 0.2) is 11.5 Å². The monoisotopic (exact) mass is 385 g/mol. The zero-order valence-electron chi connectivity index (χ0n) is 16.2. The van der Waals surface area contributed by atoms with E-state index in [-0.39, 0.29) is 11.6 Å². The minimum Gasteiger partial charge on any atom is -0.493 e. The number of rotatable bonds is 5. The third-order valence-corrected chi connectivity index (χ3v) is 4.72. The number of pyridine rings is 1. The lowest BCUT2D eigenvalue weighted by atomic mass is 10.1. The Kier molecular flexibility index (Phi) is 5.67. The van der Waals surface area contributed by atoms with Crippen molar-refractivity contribution in [2.24, 2.45) is 7.05 Å². The lowest BCUT2D eigenvalue weighted by Gasteiger charge is -2.16. The van der Waals surface area contributed by atoms with Crippen LogP contribution in [0.2, 0.25) is 0 Å². The van der Waals surface area contributed by atoms with Gasteiger partial charge in [0.2, 0.25) is 0 Å². The molecule has 0 radical (unpaired) electrons. The van der Waals surface area contributed by atoms with E-state index in [1.807, 2.05) is 0 Å². The molecule has 8 nitrogen and oxygen atoms in total. The second-order valence-electron chi connectivity index (χ2n) is 6.58. The Morgan fingerprint density at radius 2 is 1.68 bits per heavy atom. The fourth-order valence-electron chi connectivity index (χ4n) is 3.19. The number of nitrogens with zero attached hydrogens (tertiary/aromatic N) is 2. The average Bonchev–Trinajstić information content (AvgIpc) is 3.24. The van der Waals surface area contributed by atoms with Crippen LogP contribution in [0.25, 0.3) is 0 Å². The molecule has 1 N–H and O–H groups in total. The third kappa shape index (κ3) is 3.85. The van der Waals surface area contributed by atoms with Crippen molar-refractivity contribution in [3.05, 3.63) is 51.9 Å². The number of amides is 2. The first-order valence-electron chi connectivity index (χ1n) is 8.98. The SMILES string of the molecule is COc1ccc(C(=O)Nc2cc(C(=O)N3CCCC3)cn(C)c2=O)cc1OC. The second kappa shape index (κ2) is 8.16. The van der Waals surface area contributed by atoms with Gasteiger partial charge < -0.3 is 24.3 Å². The summed E-state index contributed by atoms with van der Waals surface area (Å²) in [5.74, 6) is 0.271. The summed E-state index contributed by atoms with van der Waals surface area (Å²) in [6.07, 6.45) is 3.44. The average molecular weight is 385 g/mol. The van der Waals surface area contributed by atoms with E-state index >= 15 is 0 Å². The van der Waals surface area contributed by atoms with E-state index in [0.717, 1.165) is 12.8 Å². The standard InChI is InChI=1S/C20H23N3O5/c1-22-12-14(19(25)23-8-4-5-9-23)10-15(20(22)26)21-18(24)13-6-7-16(27-2)17(11-13)28-3/h6-7,10-12H,4-5,8-9H2,1-3H3,(H,21,24). The molecule has 3 rings (SSSR count). The van der Waals surface area contributed by atoms with Crippen LogP contribution in [-0.2, 0) is 7.05 Å². The predicted octanol–water partition coefficient (Wildman–Crippen LogP) is 1.89. The van der Waals surface area contributed by atoms with Gasteiger partial charge in [0, 0.05) is 31.9 Å². The first-order valence-corrected chi connectivity index (χ1v) is 8.98. The molecule has 1 aromatic carbocycles. The van der Waals surface area contributed by atoms with Crippen LogP contribution in [0.4, 0.5) is 5.69 Å². The molecule has 1 aliphatic rings. The Labute approximate surface area is 162 Å². The molecule has 1 fully saturated rings. The summed E-state index contributed by atoms with van der Waals surface area (Å²) < 4.78 is 11.7. The maximum Gasteiger partial charge on any atom is 0.274 e. The van der Waals surface area contributed by atoms with Gasteiger partial charge in [-0.2, -0.15) is 0 Å². The maximum atomic E-state index is 12.6. The zero-order valence-corrected chi connectivity index (χ0v) is 16.2. The number of anilines is 1. The van der Waals surface area contributed by atoms with Crippen LogP contribution < -0.4 is 20.3 Å². The number of likely N-dealkylation sites (tertiary alicyclic amines) is 1. The molecule has 0 bridgehead atoms. The fourth-order valence-corrected chi connectivity index (χ4v) is 3.19. The topological polar surface area (TPSA) is 89.9 Å². The number of hydrogen-bond acceptors (Lipinski definition) is 5. The molecule has 0 spiro atoms. The van der Waals surface area contributed by atoms with E-state index in [9.17, 15) is 14.4 Å². The molecule has 0 saturated carbocycles. The number of ether oxygens (including phenoxy) is 2. The summed E-state index contributed by atoms with van der Waals surface area (Å²) in [6, 6.07) is 6.14. The van der Waals surface area contributed by atoms with E-state index in [0.29, 0.717) is 35.7 Å². The van der Waals surface area contributed by atoms with Crippen LogP contribution in [0.3, 0.4) is 0 Å². The number of benzene rings is 1. The number of carbonyl (C=O) groups excluding carboxylic acids is 2. The second-order valence-corrected chi connectivity index (χ2v) is 6.58. The molecule has 0 unspecified atom stereocenters. The smallest absolute Gasteiger partial charge is 0.274 e. The van der Waals surface area contributed by atoms with E-state index in [2.05, 4.69) is 5.32 Å². The summed E-state index contributed by atoms with van der Waals surface area (Å²) in [4.78, 5) is 39.5. The molecular formula is C20H23N3O5. The van der Waals surface area contributed by atoms with Crippen LogP contribution >= 0.6 is 0 Å². The molecule has 2 amide bonds. The molecule has 8 heteroatoms. The van der Waals surface area contributed by atoms with Crippen molar-refractivity contribution in [3.63, 3.8) is 0 Å². The Bertz CT molecular complexity index is 961. The minimum atomic E-state index is -0.483.